The van der Waals surface area contributed by atoms with Gasteiger partial charge in [0, 0.05) is 29.0 Å². The maximum atomic E-state index is 12.6. The Morgan fingerprint density at radius 3 is 2.47 bits per heavy atom. The summed E-state index contributed by atoms with van der Waals surface area (Å²) >= 11 is 18.4. The van der Waals surface area contributed by atoms with Crippen molar-refractivity contribution in [3.05, 3.63) is 68.2 Å². The molecule has 0 aromatic heterocycles. The van der Waals surface area contributed by atoms with Crippen LogP contribution in [0.4, 0.5) is 11.4 Å². The highest BCUT2D eigenvalue weighted by atomic mass is 35.5. The number of amides is 1. The third-order valence-corrected chi connectivity index (χ3v) is 6.24. The van der Waals surface area contributed by atoms with Crippen LogP contribution in [-0.2, 0) is 4.79 Å². The predicted octanol–water partition coefficient (Wildman–Crippen LogP) is 6.82. The van der Waals surface area contributed by atoms with Crippen LogP contribution in [0.3, 0.4) is 0 Å². The summed E-state index contributed by atoms with van der Waals surface area (Å²) in [5, 5.41) is 13.3. The number of rotatable bonds is 3. The van der Waals surface area contributed by atoms with Gasteiger partial charge in [-0.15, -0.1) is 0 Å². The first-order chi connectivity index (χ1) is 14.0. The summed E-state index contributed by atoms with van der Waals surface area (Å²) in [5.74, 6) is -0.560. The fourth-order valence-electron chi connectivity index (χ4n) is 3.37. The fourth-order valence-corrected chi connectivity index (χ4v) is 3.89. The van der Waals surface area contributed by atoms with Crippen LogP contribution in [0.5, 0.6) is 0 Å². The van der Waals surface area contributed by atoms with E-state index in [2.05, 4.69) is 30.1 Å². The van der Waals surface area contributed by atoms with Gasteiger partial charge in [0.2, 0.25) is 0 Å². The van der Waals surface area contributed by atoms with Crippen molar-refractivity contribution in [3.8, 4) is 6.07 Å². The molecule has 0 saturated carbocycles. The number of anilines is 2. The van der Waals surface area contributed by atoms with E-state index in [9.17, 15) is 10.1 Å². The molecule has 154 valence electrons. The number of halogens is 3. The highest BCUT2D eigenvalue weighted by Gasteiger charge is 2.29. The summed E-state index contributed by atoms with van der Waals surface area (Å²) in [6, 6.07) is 10.4. The summed E-state index contributed by atoms with van der Waals surface area (Å²) in [4.78, 5) is 14.8. The lowest BCUT2D eigenvalue weighted by atomic mass is 9.88. The molecule has 0 bridgehead atoms. The van der Waals surface area contributed by atoms with Crippen LogP contribution in [0, 0.1) is 11.3 Å². The Balaban J connectivity index is 1.96. The van der Waals surface area contributed by atoms with E-state index in [4.69, 9.17) is 34.8 Å². The van der Waals surface area contributed by atoms with Crippen LogP contribution < -0.4 is 10.2 Å². The second-order valence-corrected chi connectivity index (χ2v) is 8.91. The zero-order valence-electron chi connectivity index (χ0n) is 17.0. The standard InChI is InChI=1S/C23H20Cl3N3O/c1-13-11-23(2,3)29(4)21-10-19(25)14(8-17(13)21)7-15(12-27)22(30)28-16-5-6-18(24)20(26)9-16/h5-11H,1-4H3,(H,28,30)/b15-7-. The molecule has 0 aliphatic carbocycles. The van der Waals surface area contributed by atoms with E-state index >= 15 is 0 Å². The van der Waals surface area contributed by atoms with Gasteiger partial charge in [0.1, 0.15) is 11.6 Å². The number of carbonyl (C=O) groups excluding carboxylic acids is 1. The van der Waals surface area contributed by atoms with Crippen molar-refractivity contribution in [1.82, 2.24) is 0 Å². The lowest BCUT2D eigenvalue weighted by Crippen LogP contribution is -2.42. The van der Waals surface area contributed by atoms with E-state index < -0.39 is 5.91 Å². The molecular weight excluding hydrogens is 441 g/mol. The average Bonchev–Trinajstić information content (AvgIpc) is 2.67. The largest absolute Gasteiger partial charge is 0.365 e. The Morgan fingerprint density at radius 1 is 1.13 bits per heavy atom. The van der Waals surface area contributed by atoms with Gasteiger partial charge in [-0.25, -0.2) is 0 Å². The second-order valence-electron chi connectivity index (χ2n) is 7.68. The van der Waals surface area contributed by atoms with Gasteiger partial charge in [0.15, 0.2) is 0 Å². The number of nitriles is 1. The predicted molar refractivity (Wildman–Crippen MR) is 126 cm³/mol. The topological polar surface area (TPSA) is 56.1 Å². The van der Waals surface area contributed by atoms with E-state index in [0.717, 1.165) is 16.8 Å². The van der Waals surface area contributed by atoms with Crippen molar-refractivity contribution in [1.29, 1.82) is 5.26 Å². The van der Waals surface area contributed by atoms with Crippen LogP contribution in [-0.4, -0.2) is 18.5 Å². The summed E-state index contributed by atoms with van der Waals surface area (Å²) < 4.78 is 0. The fraction of sp³-hybridized carbons (Fsp3) is 0.217. The molecule has 1 heterocycles. The Labute approximate surface area is 191 Å². The van der Waals surface area contributed by atoms with Crippen LogP contribution in [0.25, 0.3) is 11.6 Å². The van der Waals surface area contributed by atoms with Gasteiger partial charge in [0.25, 0.3) is 5.91 Å². The molecule has 0 unspecified atom stereocenters. The first-order valence-electron chi connectivity index (χ1n) is 9.19. The first-order valence-corrected chi connectivity index (χ1v) is 10.3. The van der Waals surface area contributed by atoms with Crippen LogP contribution in [0.1, 0.15) is 31.9 Å². The lowest BCUT2D eigenvalue weighted by molar-refractivity contribution is -0.112. The molecule has 1 amide bonds. The SMILES string of the molecule is CC1=CC(C)(C)N(C)c2cc(Cl)c(/C=C(/C#N)C(=O)Nc3ccc(Cl)c(Cl)c3)cc21. The number of allylic oxidation sites excluding steroid dienone is 1. The average molecular weight is 461 g/mol. The van der Waals surface area contributed by atoms with E-state index in [1.807, 2.05) is 32.2 Å². The first kappa shape index (κ1) is 22.2. The quantitative estimate of drug-likeness (QED) is 0.403. The van der Waals surface area contributed by atoms with Gasteiger partial charge in [-0.3, -0.25) is 4.79 Å². The number of nitrogens with one attached hydrogen (secondary N) is 1. The molecular formula is C23H20Cl3N3O. The van der Waals surface area contributed by atoms with E-state index in [0.29, 0.717) is 26.3 Å². The van der Waals surface area contributed by atoms with Crippen molar-refractivity contribution < 1.29 is 4.79 Å². The second kappa shape index (κ2) is 8.35. The molecule has 0 fully saturated rings. The smallest absolute Gasteiger partial charge is 0.266 e. The zero-order valence-corrected chi connectivity index (χ0v) is 19.2. The van der Waals surface area contributed by atoms with Crippen molar-refractivity contribution in [2.45, 2.75) is 26.3 Å². The summed E-state index contributed by atoms with van der Waals surface area (Å²) in [7, 11) is 2.01. The summed E-state index contributed by atoms with van der Waals surface area (Å²) in [5.41, 5.74) is 3.93. The molecule has 1 aliphatic rings. The molecule has 1 N–H and O–H groups in total. The number of carbonyl (C=O) groups is 1. The molecule has 30 heavy (non-hydrogen) atoms. The number of hydrogen-bond acceptors (Lipinski definition) is 3. The Kier molecular flexibility index (Phi) is 6.19. The van der Waals surface area contributed by atoms with Gasteiger partial charge >= 0.3 is 0 Å². The molecule has 0 saturated heterocycles. The van der Waals surface area contributed by atoms with Crippen molar-refractivity contribution >= 4 is 63.7 Å². The van der Waals surface area contributed by atoms with E-state index in [1.54, 1.807) is 12.1 Å². The molecule has 7 heteroatoms. The van der Waals surface area contributed by atoms with Crippen LogP contribution in [0.2, 0.25) is 15.1 Å². The minimum Gasteiger partial charge on any atom is -0.365 e. The minimum atomic E-state index is -0.560. The Hall–Kier alpha value is -2.45. The molecule has 3 rings (SSSR count). The maximum absolute atomic E-state index is 12.6. The molecule has 1 aliphatic heterocycles. The number of nitrogens with zero attached hydrogens (tertiary/aromatic N) is 2. The molecule has 0 atom stereocenters. The highest BCUT2D eigenvalue weighted by Crippen LogP contribution is 2.40. The van der Waals surface area contributed by atoms with Gasteiger partial charge in [0.05, 0.1) is 15.6 Å². The van der Waals surface area contributed by atoms with Crippen LogP contribution >= 0.6 is 34.8 Å². The maximum Gasteiger partial charge on any atom is 0.266 e. The Morgan fingerprint density at radius 2 is 1.83 bits per heavy atom. The number of benzene rings is 2. The van der Waals surface area contributed by atoms with Gasteiger partial charge in [-0.05, 0) is 68.3 Å². The number of hydrogen-bond donors (Lipinski definition) is 1. The third kappa shape index (κ3) is 4.34. The lowest BCUT2D eigenvalue weighted by Gasteiger charge is -2.40. The van der Waals surface area contributed by atoms with Crippen molar-refractivity contribution in [2.24, 2.45) is 0 Å². The van der Waals surface area contributed by atoms with Crippen molar-refractivity contribution in [2.75, 3.05) is 17.3 Å². The van der Waals surface area contributed by atoms with E-state index in [-0.39, 0.29) is 11.1 Å². The molecule has 4 nitrogen and oxygen atoms in total. The van der Waals surface area contributed by atoms with Crippen LogP contribution in [0.15, 0.2) is 42.0 Å². The molecule has 0 radical (unpaired) electrons. The zero-order chi connectivity index (χ0) is 22.2. The van der Waals surface area contributed by atoms with Gasteiger partial charge < -0.3 is 10.2 Å². The number of likely N-dealkylation sites (N-methyl/N-ethyl adjacent to an activating group) is 1. The summed E-state index contributed by atoms with van der Waals surface area (Å²) in [6.07, 6.45) is 3.67. The molecule has 2 aromatic carbocycles. The Bertz CT molecular complexity index is 1140. The minimum absolute atomic E-state index is 0.0750. The monoisotopic (exact) mass is 459 g/mol. The third-order valence-electron chi connectivity index (χ3n) is 5.18. The number of fused-ring (bicyclic) bond motifs is 1. The highest BCUT2D eigenvalue weighted by molar-refractivity contribution is 6.42. The van der Waals surface area contributed by atoms with Gasteiger partial charge in [-0.1, -0.05) is 40.9 Å². The molecule has 0 spiro atoms. The van der Waals surface area contributed by atoms with Gasteiger partial charge in [-0.2, -0.15) is 5.26 Å². The normalized spacial score (nSPS) is 15.2. The van der Waals surface area contributed by atoms with E-state index in [1.165, 1.54) is 12.1 Å². The van der Waals surface area contributed by atoms with Crippen molar-refractivity contribution in [3.63, 3.8) is 0 Å². The molecule has 2 aromatic rings. The summed E-state index contributed by atoms with van der Waals surface area (Å²) in [6.45, 7) is 6.29.